The van der Waals surface area contributed by atoms with Gasteiger partial charge in [0.2, 0.25) is 0 Å². The fraction of sp³-hybridized carbons (Fsp3) is 0.600. The predicted molar refractivity (Wildman–Crippen MR) is 77.1 cm³/mol. The van der Waals surface area contributed by atoms with Crippen LogP contribution in [0.3, 0.4) is 0 Å². The molecule has 0 saturated heterocycles. The van der Waals surface area contributed by atoms with E-state index in [1.54, 1.807) is 0 Å². The minimum atomic E-state index is 0.572. The molecule has 1 aromatic rings. The van der Waals surface area contributed by atoms with E-state index in [9.17, 15) is 0 Å². The van der Waals surface area contributed by atoms with Crippen molar-refractivity contribution in [1.82, 2.24) is 0 Å². The molecule has 3 N–H and O–H groups in total. The topological polar surface area (TPSA) is 47.3 Å². The second-order valence-electron chi connectivity index (χ2n) is 5.05. The summed E-state index contributed by atoms with van der Waals surface area (Å²) < 4.78 is 5.65. The molecule has 3 nitrogen and oxygen atoms in total. The van der Waals surface area contributed by atoms with Gasteiger partial charge in [-0.15, -0.1) is 0 Å². The van der Waals surface area contributed by atoms with E-state index in [1.165, 1.54) is 32.1 Å². The summed E-state index contributed by atoms with van der Waals surface area (Å²) in [5.74, 6) is 0.803. The molecule has 0 aliphatic heterocycles. The van der Waals surface area contributed by atoms with Gasteiger partial charge < -0.3 is 15.8 Å². The first-order valence-electron chi connectivity index (χ1n) is 7.09. The summed E-state index contributed by atoms with van der Waals surface area (Å²) in [5.41, 5.74) is 7.92. The van der Waals surface area contributed by atoms with Crippen LogP contribution in [-0.2, 0) is 0 Å². The molecule has 0 heterocycles. The zero-order valence-corrected chi connectivity index (χ0v) is 11.2. The molecular weight excluding hydrogens is 224 g/mol. The molecule has 0 amide bonds. The summed E-state index contributed by atoms with van der Waals surface area (Å²) in [5, 5.41) is 3.56. The number of anilines is 2. The maximum atomic E-state index is 6.15. The molecule has 1 aliphatic rings. The van der Waals surface area contributed by atoms with E-state index in [-0.39, 0.29) is 0 Å². The highest BCUT2D eigenvalue weighted by Gasteiger charge is 2.15. The lowest BCUT2D eigenvalue weighted by molar-refractivity contribution is 0.319. The first-order valence-corrected chi connectivity index (χ1v) is 7.09. The van der Waals surface area contributed by atoms with E-state index < -0.39 is 0 Å². The zero-order chi connectivity index (χ0) is 12.8. The quantitative estimate of drug-likeness (QED) is 0.779. The number of nitrogens with one attached hydrogen (secondary N) is 1. The maximum Gasteiger partial charge on any atom is 0.144 e. The Bertz CT molecular complexity index is 373. The molecule has 1 aliphatic carbocycles. The standard InChI is InChI=1S/C15H24N2O/c1-2-11-18-14-10-6-9-13(15(14)16)17-12-7-4-3-5-8-12/h6,9-10,12,17H,2-5,7-8,11,16H2,1H3. The number of ether oxygens (including phenoxy) is 1. The molecule has 0 radical (unpaired) electrons. The summed E-state index contributed by atoms with van der Waals surface area (Å²) >= 11 is 0. The first kappa shape index (κ1) is 13.1. The molecular formula is C15H24N2O. The van der Waals surface area contributed by atoms with Gasteiger partial charge in [-0.1, -0.05) is 32.3 Å². The molecule has 0 unspecified atom stereocenters. The summed E-state index contributed by atoms with van der Waals surface area (Å²) in [6, 6.07) is 6.56. The molecule has 0 atom stereocenters. The summed E-state index contributed by atoms with van der Waals surface area (Å²) in [4.78, 5) is 0. The van der Waals surface area contributed by atoms with Crippen molar-refractivity contribution in [3.05, 3.63) is 18.2 Å². The van der Waals surface area contributed by atoms with Crippen molar-refractivity contribution in [3.8, 4) is 5.75 Å². The number of hydrogen-bond acceptors (Lipinski definition) is 3. The van der Waals surface area contributed by atoms with Gasteiger partial charge in [0, 0.05) is 6.04 Å². The fourth-order valence-corrected chi connectivity index (χ4v) is 2.47. The molecule has 3 heteroatoms. The number of hydrogen-bond donors (Lipinski definition) is 2. The van der Waals surface area contributed by atoms with Crippen molar-refractivity contribution in [3.63, 3.8) is 0 Å². The number of nitrogens with two attached hydrogens (primary N) is 1. The smallest absolute Gasteiger partial charge is 0.144 e. The van der Waals surface area contributed by atoms with Crippen LogP contribution in [-0.4, -0.2) is 12.6 Å². The Morgan fingerprint density at radius 1 is 1.28 bits per heavy atom. The van der Waals surface area contributed by atoms with Gasteiger partial charge in [0.05, 0.1) is 18.0 Å². The summed E-state index contributed by atoms with van der Waals surface area (Å²) in [7, 11) is 0. The maximum absolute atomic E-state index is 6.15. The Balaban J connectivity index is 2.02. The second-order valence-corrected chi connectivity index (χ2v) is 5.05. The molecule has 0 spiro atoms. The fourth-order valence-electron chi connectivity index (χ4n) is 2.47. The molecule has 1 fully saturated rings. The Morgan fingerprint density at radius 2 is 2.06 bits per heavy atom. The van der Waals surface area contributed by atoms with Gasteiger partial charge in [-0.05, 0) is 31.4 Å². The Labute approximate surface area is 110 Å². The average Bonchev–Trinajstić information content (AvgIpc) is 2.41. The molecule has 0 aromatic heterocycles. The van der Waals surface area contributed by atoms with Gasteiger partial charge in [0.15, 0.2) is 0 Å². The molecule has 0 bridgehead atoms. The molecule has 2 rings (SSSR count). The van der Waals surface area contributed by atoms with Crippen LogP contribution in [0.15, 0.2) is 18.2 Å². The van der Waals surface area contributed by atoms with Gasteiger partial charge in [0.1, 0.15) is 5.75 Å². The van der Waals surface area contributed by atoms with Crippen molar-refractivity contribution >= 4 is 11.4 Å². The highest BCUT2D eigenvalue weighted by molar-refractivity contribution is 5.73. The Morgan fingerprint density at radius 3 is 2.78 bits per heavy atom. The van der Waals surface area contributed by atoms with Gasteiger partial charge in [-0.3, -0.25) is 0 Å². The number of rotatable bonds is 5. The van der Waals surface area contributed by atoms with E-state index >= 15 is 0 Å². The van der Waals surface area contributed by atoms with Gasteiger partial charge >= 0.3 is 0 Å². The van der Waals surface area contributed by atoms with E-state index in [2.05, 4.69) is 12.2 Å². The van der Waals surface area contributed by atoms with Crippen LogP contribution in [0.25, 0.3) is 0 Å². The Hall–Kier alpha value is -1.38. The van der Waals surface area contributed by atoms with Gasteiger partial charge in [-0.25, -0.2) is 0 Å². The number of benzene rings is 1. The third-order valence-electron chi connectivity index (χ3n) is 3.49. The van der Waals surface area contributed by atoms with Crippen LogP contribution in [0.1, 0.15) is 45.4 Å². The van der Waals surface area contributed by atoms with Crippen LogP contribution in [0.4, 0.5) is 11.4 Å². The van der Waals surface area contributed by atoms with Gasteiger partial charge in [-0.2, -0.15) is 0 Å². The molecule has 1 saturated carbocycles. The van der Waals surface area contributed by atoms with Crippen LogP contribution in [0, 0.1) is 0 Å². The largest absolute Gasteiger partial charge is 0.491 e. The van der Waals surface area contributed by atoms with E-state index in [1.807, 2.05) is 18.2 Å². The van der Waals surface area contributed by atoms with E-state index in [0.29, 0.717) is 6.04 Å². The lowest BCUT2D eigenvalue weighted by Crippen LogP contribution is -2.22. The third kappa shape index (κ3) is 3.31. The van der Waals surface area contributed by atoms with Crippen LogP contribution < -0.4 is 15.8 Å². The normalized spacial score (nSPS) is 16.5. The van der Waals surface area contributed by atoms with Crippen molar-refractivity contribution in [2.75, 3.05) is 17.7 Å². The Kier molecular flexibility index (Phi) is 4.73. The summed E-state index contributed by atoms with van der Waals surface area (Å²) in [6.07, 6.45) is 7.51. The first-order chi connectivity index (χ1) is 8.81. The van der Waals surface area contributed by atoms with Gasteiger partial charge in [0.25, 0.3) is 0 Å². The van der Waals surface area contributed by atoms with Crippen LogP contribution >= 0.6 is 0 Å². The second kappa shape index (κ2) is 6.53. The minimum absolute atomic E-state index is 0.572. The highest BCUT2D eigenvalue weighted by atomic mass is 16.5. The lowest BCUT2D eigenvalue weighted by atomic mass is 9.95. The summed E-state index contributed by atoms with van der Waals surface area (Å²) in [6.45, 7) is 2.82. The minimum Gasteiger partial charge on any atom is -0.491 e. The highest BCUT2D eigenvalue weighted by Crippen LogP contribution is 2.31. The van der Waals surface area contributed by atoms with E-state index in [4.69, 9.17) is 10.5 Å². The average molecular weight is 248 g/mol. The van der Waals surface area contributed by atoms with Crippen molar-refractivity contribution in [2.24, 2.45) is 0 Å². The monoisotopic (exact) mass is 248 g/mol. The van der Waals surface area contributed by atoms with Crippen molar-refractivity contribution < 1.29 is 4.74 Å². The van der Waals surface area contributed by atoms with Crippen molar-refractivity contribution in [2.45, 2.75) is 51.5 Å². The molecule has 1 aromatic carbocycles. The predicted octanol–water partition coefficient (Wildman–Crippen LogP) is 3.80. The molecule has 100 valence electrons. The number of para-hydroxylation sites is 1. The van der Waals surface area contributed by atoms with E-state index in [0.717, 1.165) is 30.2 Å². The lowest BCUT2D eigenvalue weighted by Gasteiger charge is -2.25. The SMILES string of the molecule is CCCOc1cccc(NC2CCCCC2)c1N. The third-order valence-corrected chi connectivity index (χ3v) is 3.49. The van der Waals surface area contributed by atoms with Crippen LogP contribution in [0.2, 0.25) is 0 Å². The number of nitrogen functional groups attached to an aromatic ring is 1. The van der Waals surface area contributed by atoms with Crippen molar-refractivity contribution in [1.29, 1.82) is 0 Å². The van der Waals surface area contributed by atoms with Crippen LogP contribution in [0.5, 0.6) is 5.75 Å². The molecule has 18 heavy (non-hydrogen) atoms. The zero-order valence-electron chi connectivity index (χ0n) is 11.2.